The van der Waals surface area contributed by atoms with E-state index >= 15 is 0 Å². The van der Waals surface area contributed by atoms with Gasteiger partial charge in [0, 0.05) is 18.8 Å². The number of aryl methyl sites for hydroxylation is 1. The first-order valence-corrected chi connectivity index (χ1v) is 5.47. The summed E-state index contributed by atoms with van der Waals surface area (Å²) in [4.78, 5) is 4.24. The van der Waals surface area contributed by atoms with Crippen LogP contribution in [0.3, 0.4) is 0 Å². The van der Waals surface area contributed by atoms with Crippen LogP contribution in [0.25, 0.3) is 5.69 Å². The molecule has 0 unspecified atom stereocenters. The minimum absolute atomic E-state index is 0.389. The van der Waals surface area contributed by atoms with Crippen molar-refractivity contribution >= 4 is 5.95 Å². The smallest absolute Gasteiger partial charge is 0.207 e. The molecule has 0 spiro atoms. The van der Waals surface area contributed by atoms with Gasteiger partial charge in [-0.2, -0.15) is 0 Å². The number of anilines is 1. The standard InChI is InChI=1S/C13H13F2N3/c1-3-4-16-13-17-9(2)8-18(13)12-6-10(14)5-11(15)7-12/h3,5-8H,1,4H2,2H3,(H,16,17). The topological polar surface area (TPSA) is 29.9 Å². The van der Waals surface area contributed by atoms with Gasteiger partial charge in [-0.05, 0) is 19.1 Å². The van der Waals surface area contributed by atoms with Crippen LogP contribution in [0.4, 0.5) is 14.7 Å². The molecule has 1 heterocycles. The second kappa shape index (κ2) is 5.00. The fourth-order valence-corrected chi connectivity index (χ4v) is 1.66. The Morgan fingerprint density at radius 2 is 2.00 bits per heavy atom. The van der Waals surface area contributed by atoms with Gasteiger partial charge in [-0.15, -0.1) is 6.58 Å². The van der Waals surface area contributed by atoms with Gasteiger partial charge >= 0.3 is 0 Å². The zero-order valence-electron chi connectivity index (χ0n) is 9.95. The highest BCUT2D eigenvalue weighted by Crippen LogP contribution is 2.18. The highest BCUT2D eigenvalue weighted by Gasteiger charge is 2.09. The van der Waals surface area contributed by atoms with Gasteiger partial charge in [-0.3, -0.25) is 4.57 Å². The van der Waals surface area contributed by atoms with Crippen molar-refractivity contribution in [3.05, 3.63) is 54.4 Å². The Morgan fingerprint density at radius 3 is 2.61 bits per heavy atom. The lowest BCUT2D eigenvalue weighted by atomic mass is 10.3. The van der Waals surface area contributed by atoms with Crippen LogP contribution in [0.15, 0.2) is 37.1 Å². The lowest BCUT2D eigenvalue weighted by Crippen LogP contribution is -2.06. The average molecular weight is 249 g/mol. The Bertz CT molecular complexity index is 555. The molecule has 1 N–H and O–H groups in total. The van der Waals surface area contributed by atoms with Crippen molar-refractivity contribution in [2.45, 2.75) is 6.92 Å². The summed E-state index contributed by atoms with van der Waals surface area (Å²) in [6, 6.07) is 3.34. The molecule has 1 aromatic heterocycles. The van der Waals surface area contributed by atoms with Crippen molar-refractivity contribution in [1.82, 2.24) is 9.55 Å². The van der Waals surface area contributed by atoms with Crippen molar-refractivity contribution in [3.8, 4) is 5.69 Å². The summed E-state index contributed by atoms with van der Waals surface area (Å²) in [5, 5.41) is 3.01. The summed E-state index contributed by atoms with van der Waals surface area (Å²) in [5.74, 6) is -0.713. The normalized spacial score (nSPS) is 10.4. The molecule has 0 saturated heterocycles. The van der Waals surface area contributed by atoms with Gasteiger partial charge in [-0.25, -0.2) is 13.8 Å². The summed E-state index contributed by atoms with van der Waals surface area (Å²) in [7, 11) is 0. The first-order chi connectivity index (χ1) is 8.60. The average Bonchev–Trinajstić information content (AvgIpc) is 2.66. The first-order valence-electron chi connectivity index (χ1n) is 5.47. The molecule has 18 heavy (non-hydrogen) atoms. The SMILES string of the molecule is C=CCNc1nc(C)cn1-c1cc(F)cc(F)c1. The minimum Gasteiger partial charge on any atom is -0.352 e. The van der Waals surface area contributed by atoms with E-state index in [-0.39, 0.29) is 0 Å². The van der Waals surface area contributed by atoms with Crippen LogP contribution >= 0.6 is 0 Å². The predicted octanol–water partition coefficient (Wildman–Crippen LogP) is 3.06. The van der Waals surface area contributed by atoms with Gasteiger partial charge in [0.1, 0.15) is 11.6 Å². The van der Waals surface area contributed by atoms with Crippen molar-refractivity contribution in [1.29, 1.82) is 0 Å². The Hall–Kier alpha value is -2.17. The molecule has 0 amide bonds. The Kier molecular flexibility index (Phi) is 3.41. The number of nitrogens with one attached hydrogen (secondary N) is 1. The van der Waals surface area contributed by atoms with Crippen molar-refractivity contribution in [2.24, 2.45) is 0 Å². The molecule has 0 aliphatic carbocycles. The Morgan fingerprint density at radius 1 is 1.33 bits per heavy atom. The lowest BCUT2D eigenvalue weighted by Gasteiger charge is -2.08. The maximum Gasteiger partial charge on any atom is 0.207 e. The first kappa shape index (κ1) is 12.3. The molecule has 0 saturated carbocycles. The highest BCUT2D eigenvalue weighted by molar-refractivity contribution is 5.43. The van der Waals surface area contributed by atoms with Crippen LogP contribution in [-0.2, 0) is 0 Å². The van der Waals surface area contributed by atoms with E-state index in [2.05, 4.69) is 16.9 Å². The van der Waals surface area contributed by atoms with E-state index in [4.69, 9.17) is 0 Å². The van der Waals surface area contributed by atoms with Gasteiger partial charge in [-0.1, -0.05) is 6.08 Å². The number of nitrogens with zero attached hydrogens (tertiary/aromatic N) is 2. The number of halogens is 2. The molecular weight excluding hydrogens is 236 g/mol. The molecule has 1 aromatic carbocycles. The van der Waals surface area contributed by atoms with E-state index in [9.17, 15) is 8.78 Å². The summed E-state index contributed by atoms with van der Waals surface area (Å²) in [6.07, 6.45) is 3.39. The molecule has 0 aliphatic rings. The summed E-state index contributed by atoms with van der Waals surface area (Å²) < 4.78 is 28.0. The van der Waals surface area contributed by atoms with Crippen LogP contribution < -0.4 is 5.32 Å². The maximum atomic E-state index is 13.2. The number of aromatic nitrogens is 2. The molecule has 5 heteroatoms. The largest absolute Gasteiger partial charge is 0.352 e. The number of benzene rings is 1. The van der Waals surface area contributed by atoms with Crippen LogP contribution in [0.5, 0.6) is 0 Å². The third kappa shape index (κ3) is 2.56. The Balaban J connectivity index is 2.45. The van der Waals surface area contributed by atoms with E-state index < -0.39 is 11.6 Å². The van der Waals surface area contributed by atoms with Gasteiger partial charge < -0.3 is 5.32 Å². The summed E-state index contributed by atoms with van der Waals surface area (Å²) in [5.41, 5.74) is 1.14. The van der Waals surface area contributed by atoms with Crippen LogP contribution in [0, 0.1) is 18.6 Å². The quantitative estimate of drug-likeness (QED) is 0.844. The molecule has 0 fully saturated rings. The van der Waals surface area contributed by atoms with Crippen LogP contribution in [0.2, 0.25) is 0 Å². The number of hydrogen-bond acceptors (Lipinski definition) is 2. The van der Waals surface area contributed by atoms with E-state index in [1.54, 1.807) is 16.8 Å². The minimum atomic E-state index is -0.619. The number of rotatable bonds is 4. The third-order valence-electron chi connectivity index (χ3n) is 2.36. The molecule has 0 radical (unpaired) electrons. The molecular formula is C13H13F2N3. The summed E-state index contributed by atoms with van der Waals surface area (Å²) >= 11 is 0. The van der Waals surface area contributed by atoms with Crippen LogP contribution in [-0.4, -0.2) is 16.1 Å². The monoisotopic (exact) mass is 249 g/mol. The molecule has 0 atom stereocenters. The second-order valence-electron chi connectivity index (χ2n) is 3.87. The van der Waals surface area contributed by atoms with Gasteiger partial charge in [0.15, 0.2) is 0 Å². The van der Waals surface area contributed by atoms with E-state index in [1.807, 2.05) is 6.92 Å². The lowest BCUT2D eigenvalue weighted by molar-refractivity contribution is 0.581. The zero-order valence-corrected chi connectivity index (χ0v) is 9.95. The summed E-state index contributed by atoms with van der Waals surface area (Å²) in [6.45, 7) is 5.93. The third-order valence-corrected chi connectivity index (χ3v) is 2.36. The van der Waals surface area contributed by atoms with Crippen molar-refractivity contribution in [2.75, 3.05) is 11.9 Å². The molecule has 94 valence electrons. The number of hydrogen-bond donors (Lipinski definition) is 1. The van der Waals surface area contributed by atoms with Gasteiger partial charge in [0.05, 0.1) is 11.4 Å². The molecule has 2 rings (SSSR count). The van der Waals surface area contributed by atoms with E-state index in [1.165, 1.54) is 12.1 Å². The van der Waals surface area contributed by atoms with Crippen molar-refractivity contribution < 1.29 is 8.78 Å². The second-order valence-corrected chi connectivity index (χ2v) is 3.87. The predicted molar refractivity (Wildman–Crippen MR) is 66.9 cm³/mol. The van der Waals surface area contributed by atoms with E-state index in [0.29, 0.717) is 18.2 Å². The Labute approximate surface area is 104 Å². The molecule has 0 aliphatic heterocycles. The number of imidazole rings is 1. The maximum absolute atomic E-state index is 13.2. The highest BCUT2D eigenvalue weighted by atomic mass is 19.1. The molecule has 0 bridgehead atoms. The van der Waals surface area contributed by atoms with Crippen LogP contribution in [0.1, 0.15) is 5.69 Å². The molecule has 2 aromatic rings. The van der Waals surface area contributed by atoms with E-state index in [0.717, 1.165) is 11.8 Å². The van der Waals surface area contributed by atoms with Crippen molar-refractivity contribution in [3.63, 3.8) is 0 Å². The van der Waals surface area contributed by atoms with Gasteiger partial charge in [0.25, 0.3) is 0 Å². The van der Waals surface area contributed by atoms with Gasteiger partial charge in [0.2, 0.25) is 5.95 Å². The fourth-order valence-electron chi connectivity index (χ4n) is 1.66. The molecule has 3 nitrogen and oxygen atoms in total. The fraction of sp³-hybridized carbons (Fsp3) is 0.154. The zero-order chi connectivity index (χ0) is 13.1.